The van der Waals surface area contributed by atoms with Crippen molar-refractivity contribution in [3.63, 3.8) is 0 Å². The van der Waals surface area contributed by atoms with Gasteiger partial charge in [0.05, 0.1) is 31.0 Å². The Kier molecular flexibility index (Phi) is 9.01. The molecule has 1 amide bonds. The third-order valence-electron chi connectivity index (χ3n) is 6.88. The average Bonchev–Trinajstić information content (AvgIpc) is 2.93. The number of hydrogen-bond donors (Lipinski definition) is 2. The van der Waals surface area contributed by atoms with Crippen LogP contribution in [0, 0.1) is 0 Å². The van der Waals surface area contributed by atoms with Crippen LogP contribution in [-0.4, -0.2) is 52.8 Å². The Labute approximate surface area is 229 Å². The second-order valence-electron chi connectivity index (χ2n) is 10.1. The number of aromatic nitrogens is 2. The third-order valence-corrected chi connectivity index (χ3v) is 6.88. The van der Waals surface area contributed by atoms with Gasteiger partial charge < -0.3 is 24.8 Å². The number of carboxylic acid groups (broad SMARTS) is 1. The highest BCUT2D eigenvalue weighted by Crippen LogP contribution is 2.30. The van der Waals surface area contributed by atoms with Crippen LogP contribution in [0.1, 0.15) is 51.2 Å². The van der Waals surface area contributed by atoms with Gasteiger partial charge >= 0.3 is 5.97 Å². The van der Waals surface area contributed by atoms with Crippen LogP contribution in [0.2, 0.25) is 0 Å². The van der Waals surface area contributed by atoms with Gasteiger partial charge in [0.2, 0.25) is 5.91 Å². The first-order valence-electron chi connectivity index (χ1n) is 13.3. The lowest BCUT2D eigenvalue weighted by Gasteiger charge is -2.34. The molecule has 3 aromatic rings. The number of benzene rings is 2. The quantitative estimate of drug-likeness (QED) is 0.360. The standard InChI is InChI=1S/C30H36N4O5/c1-4-38-24-9-5-6-10-25(24)39-23-8-7-17-34(20-23)27-19-31-18-26(32-27)33-29(37)30(2,3)22-14-11-21(12-15-22)13-16-28(35)36/h5-6,9-12,14-15,18-19,23H,4,7-8,13,16-17,20H2,1-3H3,(H,35,36)(H,32,33,37). The number of aliphatic carboxylic acids is 1. The van der Waals surface area contributed by atoms with Gasteiger partial charge in [-0.2, -0.15) is 0 Å². The summed E-state index contributed by atoms with van der Waals surface area (Å²) in [6, 6.07) is 15.2. The lowest BCUT2D eigenvalue weighted by atomic mass is 9.83. The number of hydrogen-bond acceptors (Lipinski definition) is 7. The van der Waals surface area contributed by atoms with E-state index in [1.165, 1.54) is 0 Å². The van der Waals surface area contributed by atoms with E-state index in [9.17, 15) is 9.59 Å². The Balaban J connectivity index is 1.40. The summed E-state index contributed by atoms with van der Waals surface area (Å²) in [6.45, 7) is 7.67. The monoisotopic (exact) mass is 532 g/mol. The molecular weight excluding hydrogens is 496 g/mol. The molecule has 9 nitrogen and oxygen atoms in total. The molecule has 1 unspecified atom stereocenters. The number of anilines is 2. The molecule has 1 aromatic heterocycles. The number of ether oxygens (including phenoxy) is 2. The Morgan fingerprint density at radius 1 is 1.10 bits per heavy atom. The van der Waals surface area contributed by atoms with Crippen LogP contribution in [0.4, 0.5) is 11.6 Å². The molecule has 0 radical (unpaired) electrons. The fourth-order valence-electron chi connectivity index (χ4n) is 4.56. The van der Waals surface area contributed by atoms with Gasteiger partial charge in [0.15, 0.2) is 17.3 Å². The minimum absolute atomic E-state index is 0.0298. The van der Waals surface area contributed by atoms with E-state index in [1.807, 2.05) is 69.3 Å². The summed E-state index contributed by atoms with van der Waals surface area (Å²) >= 11 is 0. The fraction of sp³-hybridized carbons (Fsp3) is 0.400. The third kappa shape index (κ3) is 7.25. The molecule has 206 valence electrons. The predicted octanol–water partition coefficient (Wildman–Crippen LogP) is 4.86. The summed E-state index contributed by atoms with van der Waals surface area (Å²) in [6.07, 6.45) is 5.60. The molecule has 1 aliphatic rings. The van der Waals surface area contributed by atoms with E-state index in [4.69, 9.17) is 14.6 Å². The summed E-state index contributed by atoms with van der Waals surface area (Å²) < 4.78 is 12.0. The van der Waals surface area contributed by atoms with Crippen LogP contribution >= 0.6 is 0 Å². The van der Waals surface area contributed by atoms with Crippen LogP contribution in [-0.2, 0) is 21.4 Å². The molecule has 0 bridgehead atoms. The summed E-state index contributed by atoms with van der Waals surface area (Å²) in [7, 11) is 0. The first-order valence-corrected chi connectivity index (χ1v) is 13.3. The largest absolute Gasteiger partial charge is 0.490 e. The molecular formula is C30H36N4O5. The molecule has 2 heterocycles. The molecule has 2 aromatic carbocycles. The van der Waals surface area contributed by atoms with Crippen LogP contribution in [0.15, 0.2) is 60.9 Å². The topological polar surface area (TPSA) is 114 Å². The fourth-order valence-corrected chi connectivity index (χ4v) is 4.56. The number of amides is 1. The number of rotatable bonds is 11. The number of carbonyl (C=O) groups excluding carboxylic acids is 1. The molecule has 9 heteroatoms. The van der Waals surface area contributed by atoms with Crippen LogP contribution in [0.25, 0.3) is 0 Å². The van der Waals surface area contributed by atoms with Gasteiger partial charge in [-0.1, -0.05) is 36.4 Å². The van der Waals surface area contributed by atoms with Gasteiger partial charge in [0.25, 0.3) is 0 Å². The van der Waals surface area contributed by atoms with Crippen molar-refractivity contribution in [3.8, 4) is 11.5 Å². The van der Waals surface area contributed by atoms with Crippen LogP contribution in [0.5, 0.6) is 11.5 Å². The molecule has 1 saturated heterocycles. The zero-order chi connectivity index (χ0) is 27.8. The maximum absolute atomic E-state index is 13.3. The van der Waals surface area contributed by atoms with Gasteiger partial charge in [-0.25, -0.2) is 4.98 Å². The van der Waals surface area contributed by atoms with Crippen molar-refractivity contribution in [2.24, 2.45) is 0 Å². The summed E-state index contributed by atoms with van der Waals surface area (Å²) in [5, 5.41) is 11.8. The van der Waals surface area contributed by atoms with E-state index in [0.717, 1.165) is 42.0 Å². The number of aryl methyl sites for hydroxylation is 1. The van der Waals surface area contributed by atoms with E-state index in [-0.39, 0.29) is 18.4 Å². The summed E-state index contributed by atoms with van der Waals surface area (Å²) in [5.74, 6) is 1.49. The zero-order valence-corrected chi connectivity index (χ0v) is 22.7. The second kappa shape index (κ2) is 12.6. The number of nitrogens with one attached hydrogen (secondary N) is 1. The van der Waals surface area contributed by atoms with Crippen molar-refractivity contribution in [1.29, 1.82) is 0 Å². The number of carboxylic acids is 1. The highest BCUT2D eigenvalue weighted by molar-refractivity contribution is 5.97. The SMILES string of the molecule is CCOc1ccccc1OC1CCCN(c2cncc(NC(=O)C(C)(C)c3ccc(CCC(=O)O)cc3)n2)C1. The van der Waals surface area contributed by atoms with Crippen molar-refractivity contribution in [2.45, 2.75) is 58.0 Å². The molecule has 1 aliphatic heterocycles. The second-order valence-corrected chi connectivity index (χ2v) is 10.1. The van der Waals surface area contributed by atoms with Crippen LogP contribution < -0.4 is 19.7 Å². The maximum Gasteiger partial charge on any atom is 0.303 e. The Morgan fingerprint density at radius 3 is 2.56 bits per heavy atom. The Morgan fingerprint density at radius 2 is 1.85 bits per heavy atom. The average molecular weight is 533 g/mol. The highest BCUT2D eigenvalue weighted by atomic mass is 16.5. The number of piperidine rings is 1. The molecule has 1 atom stereocenters. The molecule has 0 saturated carbocycles. The van der Waals surface area contributed by atoms with E-state index in [0.29, 0.717) is 31.2 Å². The maximum atomic E-state index is 13.3. The molecule has 39 heavy (non-hydrogen) atoms. The van der Waals surface area contributed by atoms with Gasteiger partial charge in [-0.3, -0.25) is 14.6 Å². The first kappa shape index (κ1) is 27.9. The molecule has 0 spiro atoms. The van der Waals surface area contributed by atoms with E-state index in [1.54, 1.807) is 12.4 Å². The van der Waals surface area contributed by atoms with Crippen molar-refractivity contribution in [3.05, 3.63) is 72.1 Å². The van der Waals surface area contributed by atoms with Gasteiger partial charge in [-0.15, -0.1) is 0 Å². The van der Waals surface area contributed by atoms with Crippen molar-refractivity contribution < 1.29 is 24.2 Å². The first-order chi connectivity index (χ1) is 18.8. The molecule has 2 N–H and O–H groups in total. The number of carbonyl (C=O) groups is 2. The lowest BCUT2D eigenvalue weighted by Crippen LogP contribution is -2.42. The van der Waals surface area contributed by atoms with Crippen LogP contribution in [0.3, 0.4) is 0 Å². The molecule has 4 rings (SSSR count). The van der Waals surface area contributed by atoms with Crippen molar-refractivity contribution in [1.82, 2.24) is 9.97 Å². The van der Waals surface area contributed by atoms with E-state index < -0.39 is 11.4 Å². The number of para-hydroxylation sites is 2. The Bertz CT molecular complexity index is 1280. The zero-order valence-electron chi connectivity index (χ0n) is 22.7. The smallest absolute Gasteiger partial charge is 0.303 e. The minimum Gasteiger partial charge on any atom is -0.490 e. The highest BCUT2D eigenvalue weighted by Gasteiger charge is 2.30. The summed E-state index contributed by atoms with van der Waals surface area (Å²) in [5.41, 5.74) is 0.911. The van der Waals surface area contributed by atoms with E-state index >= 15 is 0 Å². The summed E-state index contributed by atoms with van der Waals surface area (Å²) in [4.78, 5) is 35.2. The van der Waals surface area contributed by atoms with Gasteiger partial charge in [-0.05, 0) is 63.3 Å². The number of nitrogens with zero attached hydrogens (tertiary/aromatic N) is 3. The van der Waals surface area contributed by atoms with Crippen molar-refractivity contribution >= 4 is 23.5 Å². The molecule has 0 aliphatic carbocycles. The van der Waals surface area contributed by atoms with Gasteiger partial charge in [0.1, 0.15) is 11.9 Å². The normalized spacial score (nSPS) is 15.5. The minimum atomic E-state index is -0.832. The predicted molar refractivity (Wildman–Crippen MR) is 150 cm³/mol. The lowest BCUT2D eigenvalue weighted by molar-refractivity contribution is -0.137. The van der Waals surface area contributed by atoms with E-state index in [2.05, 4.69) is 20.2 Å². The molecule has 1 fully saturated rings. The van der Waals surface area contributed by atoms with Gasteiger partial charge in [0, 0.05) is 13.0 Å². The van der Waals surface area contributed by atoms with Crippen molar-refractivity contribution in [2.75, 3.05) is 29.9 Å². The Hall–Kier alpha value is -4.14.